The molecular weight excluding hydrogens is 409 g/mol. The molecule has 4 rings (SSSR count). The summed E-state index contributed by atoms with van der Waals surface area (Å²) in [5.74, 6) is -1.36. The average molecular weight is 437 g/mol. The lowest BCUT2D eigenvalue weighted by molar-refractivity contribution is -0.307. The Balaban J connectivity index is 0.00000289. The van der Waals surface area contributed by atoms with Crippen LogP contribution < -0.4 is 5.11 Å². The van der Waals surface area contributed by atoms with Gasteiger partial charge in [0.05, 0.1) is 23.4 Å². The zero-order valence-corrected chi connectivity index (χ0v) is 16.9. The summed E-state index contributed by atoms with van der Waals surface area (Å²) in [7, 11) is 0. The Bertz CT molecular complexity index is 1120. The molecule has 0 radical (unpaired) electrons. The molecule has 32 heavy (non-hydrogen) atoms. The Morgan fingerprint density at radius 1 is 1.16 bits per heavy atom. The average Bonchev–Trinajstić information content (AvgIpc) is 3.56. The lowest BCUT2D eigenvalue weighted by atomic mass is 9.92. The van der Waals surface area contributed by atoms with E-state index in [4.69, 9.17) is 4.98 Å². The summed E-state index contributed by atoms with van der Waals surface area (Å²) < 4.78 is 13.6. The van der Waals surface area contributed by atoms with Crippen molar-refractivity contribution < 1.29 is 24.5 Å². The largest absolute Gasteiger partial charge is 0.550 e. The minimum absolute atomic E-state index is 0. The van der Waals surface area contributed by atoms with Gasteiger partial charge in [-0.1, -0.05) is 49.9 Å². The molecule has 2 aromatic carbocycles. The molecule has 0 unspecified atom stereocenters. The SMILES string of the molecule is C.O=C([O-])C[C@@H](O)C[C@@H](O)/C=C/c1c(C2CC2)nc2ccccc2c1-c1ccc(F)cc1. The van der Waals surface area contributed by atoms with Crippen LogP contribution in [0.25, 0.3) is 28.1 Å². The zero-order chi connectivity index (χ0) is 22.0. The van der Waals surface area contributed by atoms with Crippen LogP contribution in [0.3, 0.4) is 0 Å². The van der Waals surface area contributed by atoms with Crippen molar-refractivity contribution in [2.24, 2.45) is 0 Å². The first-order chi connectivity index (χ1) is 14.9. The molecule has 0 bridgehead atoms. The lowest BCUT2D eigenvalue weighted by Gasteiger charge is -2.17. The van der Waals surface area contributed by atoms with E-state index in [1.54, 1.807) is 24.3 Å². The molecule has 1 heterocycles. The van der Waals surface area contributed by atoms with Gasteiger partial charge in [-0.25, -0.2) is 4.39 Å². The van der Waals surface area contributed by atoms with Crippen LogP contribution in [0.2, 0.25) is 0 Å². The number of hydrogen-bond donors (Lipinski definition) is 2. The normalized spacial score (nSPS) is 15.5. The van der Waals surface area contributed by atoms with Crippen LogP contribution in [0.15, 0.2) is 54.6 Å². The highest BCUT2D eigenvalue weighted by molar-refractivity contribution is 5.99. The fraction of sp³-hybridized carbons (Fsp3) is 0.308. The van der Waals surface area contributed by atoms with E-state index in [-0.39, 0.29) is 19.7 Å². The molecule has 2 N–H and O–H groups in total. The molecule has 1 saturated carbocycles. The third-order valence-corrected chi connectivity index (χ3v) is 5.46. The highest BCUT2D eigenvalue weighted by Crippen LogP contribution is 2.45. The smallest absolute Gasteiger partial charge is 0.123 e. The second kappa shape index (κ2) is 10.0. The van der Waals surface area contributed by atoms with Crippen LogP contribution in [0.5, 0.6) is 0 Å². The van der Waals surface area contributed by atoms with E-state index >= 15 is 0 Å². The molecule has 1 fully saturated rings. The van der Waals surface area contributed by atoms with Crippen LogP contribution in [-0.2, 0) is 4.79 Å². The van der Waals surface area contributed by atoms with Crippen molar-refractivity contribution in [2.45, 2.75) is 51.2 Å². The predicted octanol–water partition coefficient (Wildman–Crippen LogP) is 3.82. The molecule has 168 valence electrons. The van der Waals surface area contributed by atoms with Gasteiger partial charge in [-0.15, -0.1) is 0 Å². The highest BCUT2D eigenvalue weighted by atomic mass is 19.1. The summed E-state index contributed by atoms with van der Waals surface area (Å²) in [5.41, 5.74) is 4.38. The summed E-state index contributed by atoms with van der Waals surface area (Å²) in [6.45, 7) is 0. The van der Waals surface area contributed by atoms with Crippen LogP contribution >= 0.6 is 0 Å². The summed E-state index contributed by atoms with van der Waals surface area (Å²) in [4.78, 5) is 15.5. The highest BCUT2D eigenvalue weighted by Gasteiger charge is 2.29. The number of carbonyl (C=O) groups excluding carboxylic acids is 1. The van der Waals surface area contributed by atoms with Gasteiger partial charge in [0.15, 0.2) is 0 Å². The molecule has 1 aromatic heterocycles. The zero-order valence-electron chi connectivity index (χ0n) is 16.9. The first-order valence-corrected chi connectivity index (χ1v) is 10.3. The maximum atomic E-state index is 13.6. The second-order valence-corrected chi connectivity index (χ2v) is 7.98. The van der Waals surface area contributed by atoms with E-state index in [1.807, 2.05) is 24.3 Å². The number of carboxylic acid groups (broad SMARTS) is 1. The Labute approximate surface area is 186 Å². The first kappa shape index (κ1) is 23.6. The third-order valence-electron chi connectivity index (χ3n) is 5.46. The number of pyridine rings is 1. The van der Waals surface area contributed by atoms with Crippen molar-refractivity contribution in [2.75, 3.05) is 0 Å². The topological polar surface area (TPSA) is 93.5 Å². The molecule has 0 spiro atoms. The number of aliphatic carboxylic acids is 1. The lowest BCUT2D eigenvalue weighted by Crippen LogP contribution is -2.29. The number of aromatic nitrogens is 1. The van der Waals surface area contributed by atoms with Gasteiger partial charge in [-0.2, -0.15) is 0 Å². The van der Waals surface area contributed by atoms with E-state index in [0.29, 0.717) is 5.92 Å². The van der Waals surface area contributed by atoms with Gasteiger partial charge in [-0.3, -0.25) is 4.98 Å². The third kappa shape index (κ3) is 5.39. The molecule has 6 heteroatoms. The van der Waals surface area contributed by atoms with Crippen molar-refractivity contribution in [3.05, 3.63) is 71.7 Å². The van der Waals surface area contributed by atoms with E-state index in [1.165, 1.54) is 12.1 Å². The van der Waals surface area contributed by atoms with E-state index in [9.17, 15) is 24.5 Å². The number of aliphatic hydroxyl groups excluding tert-OH is 2. The number of carbonyl (C=O) groups is 1. The molecule has 5 nitrogen and oxygen atoms in total. The fourth-order valence-corrected chi connectivity index (χ4v) is 3.85. The van der Waals surface area contributed by atoms with E-state index in [0.717, 1.165) is 46.1 Å². The number of hydrogen-bond acceptors (Lipinski definition) is 5. The maximum Gasteiger partial charge on any atom is 0.123 e. The Kier molecular flexibility index (Phi) is 7.38. The van der Waals surface area contributed by atoms with Gasteiger partial charge < -0.3 is 20.1 Å². The predicted molar refractivity (Wildman–Crippen MR) is 121 cm³/mol. The molecule has 1 aliphatic rings. The monoisotopic (exact) mass is 436 g/mol. The van der Waals surface area contributed by atoms with Gasteiger partial charge in [0.2, 0.25) is 0 Å². The number of rotatable bonds is 8. The number of nitrogens with zero attached hydrogens (tertiary/aromatic N) is 1. The number of para-hydroxylation sites is 1. The van der Waals surface area contributed by atoms with Crippen molar-refractivity contribution in [3.63, 3.8) is 0 Å². The van der Waals surface area contributed by atoms with Gasteiger partial charge in [0, 0.05) is 41.2 Å². The van der Waals surface area contributed by atoms with Crippen LogP contribution in [0.1, 0.15) is 50.3 Å². The van der Waals surface area contributed by atoms with Crippen molar-refractivity contribution in [1.29, 1.82) is 0 Å². The van der Waals surface area contributed by atoms with Crippen molar-refractivity contribution in [1.82, 2.24) is 4.98 Å². The van der Waals surface area contributed by atoms with Crippen LogP contribution in [-0.4, -0.2) is 33.4 Å². The number of fused-ring (bicyclic) bond motifs is 1. The summed E-state index contributed by atoms with van der Waals surface area (Å²) >= 11 is 0. The van der Waals surface area contributed by atoms with E-state index < -0.39 is 24.6 Å². The molecule has 2 atom stereocenters. The number of aliphatic hydroxyl groups is 2. The van der Waals surface area contributed by atoms with Crippen LogP contribution in [0, 0.1) is 5.82 Å². The Morgan fingerprint density at radius 3 is 2.50 bits per heavy atom. The molecule has 0 saturated heterocycles. The Morgan fingerprint density at radius 2 is 1.84 bits per heavy atom. The summed E-state index contributed by atoms with van der Waals surface area (Å²) in [6, 6.07) is 14.1. The van der Waals surface area contributed by atoms with Gasteiger partial charge in [-0.05, 0) is 36.6 Å². The number of benzene rings is 2. The molecule has 3 aromatic rings. The van der Waals surface area contributed by atoms with Crippen LogP contribution in [0.4, 0.5) is 4.39 Å². The minimum Gasteiger partial charge on any atom is -0.550 e. The molecule has 1 aliphatic carbocycles. The standard InChI is InChI=1S/C25H24FNO4.CH4/c26-17-9-7-15(8-10-17)24-20-3-1-2-4-22(20)27-25(16-5-6-16)21(24)12-11-18(28)13-19(29)14-23(30)31;/h1-4,7-12,16,18-19,28-29H,5-6,13-14H2,(H,30,31);1H4/p-1/b12-11+;/t18-,19-;/m0./s1. The number of carboxylic acids is 1. The van der Waals surface area contributed by atoms with Crippen molar-refractivity contribution >= 4 is 22.9 Å². The maximum absolute atomic E-state index is 13.6. The van der Waals surface area contributed by atoms with Gasteiger partial charge in [0.25, 0.3) is 0 Å². The Hall–Kier alpha value is -3.09. The minimum atomic E-state index is -1.36. The quantitative estimate of drug-likeness (QED) is 0.560. The molecule has 0 aliphatic heterocycles. The fourth-order valence-electron chi connectivity index (χ4n) is 3.85. The molecular formula is C26H27FNO4-. The first-order valence-electron chi connectivity index (χ1n) is 10.3. The van der Waals surface area contributed by atoms with Crippen molar-refractivity contribution in [3.8, 4) is 11.1 Å². The van der Waals surface area contributed by atoms with E-state index in [2.05, 4.69) is 0 Å². The second-order valence-electron chi connectivity index (χ2n) is 7.98. The summed E-state index contributed by atoms with van der Waals surface area (Å²) in [5, 5.41) is 31.7. The number of halogens is 1. The molecule has 0 amide bonds. The van der Waals surface area contributed by atoms with Gasteiger partial charge >= 0.3 is 0 Å². The van der Waals surface area contributed by atoms with Gasteiger partial charge in [0.1, 0.15) is 5.82 Å². The summed E-state index contributed by atoms with van der Waals surface area (Å²) in [6.07, 6.45) is 2.51.